The van der Waals surface area contributed by atoms with Crippen LogP contribution in [0.3, 0.4) is 0 Å². The first-order chi connectivity index (χ1) is 9.69. The first-order valence-electron chi connectivity index (χ1n) is 8.42. The average molecular weight is 279 g/mol. The van der Waals surface area contributed by atoms with Gasteiger partial charge in [-0.15, -0.1) is 0 Å². The van der Waals surface area contributed by atoms with Crippen LogP contribution < -0.4 is 5.32 Å². The van der Waals surface area contributed by atoms with Gasteiger partial charge >= 0.3 is 0 Å². The van der Waals surface area contributed by atoms with Crippen molar-refractivity contribution >= 4 is 0 Å². The van der Waals surface area contributed by atoms with Crippen molar-refractivity contribution in [3.8, 4) is 0 Å². The Labute approximate surface area is 125 Å². The minimum absolute atomic E-state index is 0.568. The lowest BCUT2D eigenvalue weighted by atomic mass is 9.88. The maximum atomic E-state index is 4.67. The van der Waals surface area contributed by atoms with Gasteiger partial charge in [-0.25, -0.2) is 0 Å². The quantitative estimate of drug-likeness (QED) is 0.706. The van der Waals surface area contributed by atoms with Crippen LogP contribution in [0.1, 0.15) is 64.8 Å². The molecule has 0 aliphatic carbocycles. The Kier molecular flexibility index (Phi) is 7.90. The van der Waals surface area contributed by atoms with E-state index in [-0.39, 0.29) is 0 Å². The smallest absolute Gasteiger partial charge is 0.0624 e. The highest BCUT2D eigenvalue weighted by Crippen LogP contribution is 2.20. The van der Waals surface area contributed by atoms with Crippen molar-refractivity contribution in [1.29, 1.82) is 0 Å². The monoisotopic (exact) mass is 279 g/mol. The van der Waals surface area contributed by atoms with E-state index in [1.165, 1.54) is 37.1 Å². The summed E-state index contributed by atoms with van der Waals surface area (Å²) in [5.74, 6) is 0.769. The van der Waals surface area contributed by atoms with Crippen molar-refractivity contribution in [3.05, 3.63) is 17.5 Å². The third-order valence-corrected chi connectivity index (χ3v) is 4.40. The fourth-order valence-electron chi connectivity index (χ4n) is 3.01. The molecule has 2 atom stereocenters. The lowest BCUT2D eigenvalue weighted by Crippen LogP contribution is -2.36. The van der Waals surface area contributed by atoms with Crippen LogP contribution in [0, 0.1) is 5.92 Å². The number of aryl methyl sites for hydroxylation is 2. The van der Waals surface area contributed by atoms with Crippen LogP contribution in [0.25, 0.3) is 0 Å². The summed E-state index contributed by atoms with van der Waals surface area (Å²) in [4.78, 5) is 0. The molecular formula is C17H33N3. The normalized spacial score (nSPS) is 14.4. The van der Waals surface area contributed by atoms with Crippen molar-refractivity contribution in [2.75, 3.05) is 7.05 Å². The lowest BCUT2D eigenvalue weighted by Gasteiger charge is -2.26. The molecule has 0 saturated heterocycles. The van der Waals surface area contributed by atoms with Crippen LogP contribution >= 0.6 is 0 Å². The Bertz CT molecular complexity index is 370. The molecule has 0 spiro atoms. The molecule has 3 heteroatoms. The number of aromatic nitrogens is 2. The summed E-state index contributed by atoms with van der Waals surface area (Å²) < 4.78 is 2.18. The van der Waals surface area contributed by atoms with Gasteiger partial charge in [0.1, 0.15) is 0 Å². The largest absolute Gasteiger partial charge is 0.316 e. The predicted molar refractivity (Wildman–Crippen MR) is 87.1 cm³/mol. The Balaban J connectivity index is 2.77. The molecule has 0 aliphatic rings. The van der Waals surface area contributed by atoms with Gasteiger partial charge in [0.05, 0.1) is 5.69 Å². The number of nitrogens with one attached hydrogen (secondary N) is 1. The number of hydrogen-bond acceptors (Lipinski definition) is 2. The third kappa shape index (κ3) is 4.62. The van der Waals surface area contributed by atoms with Crippen molar-refractivity contribution < 1.29 is 0 Å². The predicted octanol–water partition coefficient (Wildman–Crippen LogP) is 3.81. The summed E-state index contributed by atoms with van der Waals surface area (Å²) >= 11 is 0. The van der Waals surface area contributed by atoms with E-state index in [1.807, 2.05) is 0 Å². The van der Waals surface area contributed by atoms with E-state index >= 15 is 0 Å². The molecule has 0 aromatic carbocycles. The molecule has 1 rings (SSSR count). The van der Waals surface area contributed by atoms with Crippen LogP contribution in [0.4, 0.5) is 0 Å². The fourth-order valence-corrected chi connectivity index (χ4v) is 3.01. The van der Waals surface area contributed by atoms with Gasteiger partial charge in [-0.05, 0) is 38.8 Å². The molecule has 2 unspecified atom stereocenters. The standard InChI is InChI=1S/C17H33N3/c1-6-10-11-14(7-2)17(18-5)13-16-12-15(8-3)19-20(16)9-4/h12,14,17-18H,6-11,13H2,1-5H3. The molecule has 1 heterocycles. The van der Waals surface area contributed by atoms with E-state index < -0.39 is 0 Å². The van der Waals surface area contributed by atoms with E-state index in [0.29, 0.717) is 6.04 Å². The second-order valence-electron chi connectivity index (χ2n) is 5.71. The summed E-state index contributed by atoms with van der Waals surface area (Å²) in [6, 6.07) is 2.86. The molecule has 0 fully saturated rings. The van der Waals surface area contributed by atoms with Crippen molar-refractivity contribution in [2.24, 2.45) is 5.92 Å². The zero-order valence-corrected chi connectivity index (χ0v) is 14.1. The van der Waals surface area contributed by atoms with Gasteiger partial charge in [0.2, 0.25) is 0 Å². The van der Waals surface area contributed by atoms with E-state index in [9.17, 15) is 0 Å². The molecular weight excluding hydrogens is 246 g/mol. The van der Waals surface area contributed by atoms with Crippen LogP contribution in [-0.2, 0) is 19.4 Å². The Morgan fingerprint density at radius 3 is 2.50 bits per heavy atom. The maximum absolute atomic E-state index is 4.67. The minimum Gasteiger partial charge on any atom is -0.316 e. The van der Waals surface area contributed by atoms with Crippen molar-refractivity contribution in [2.45, 2.75) is 78.8 Å². The average Bonchev–Trinajstić information content (AvgIpc) is 2.88. The first kappa shape index (κ1) is 17.2. The summed E-state index contributed by atoms with van der Waals surface area (Å²) in [5, 5.41) is 8.22. The summed E-state index contributed by atoms with van der Waals surface area (Å²) in [7, 11) is 2.10. The van der Waals surface area contributed by atoms with Gasteiger partial charge in [0.25, 0.3) is 0 Å². The van der Waals surface area contributed by atoms with E-state index in [4.69, 9.17) is 0 Å². The molecule has 116 valence electrons. The van der Waals surface area contributed by atoms with E-state index in [0.717, 1.165) is 25.3 Å². The fraction of sp³-hybridized carbons (Fsp3) is 0.824. The SMILES string of the molecule is CCCCC(CC)C(Cc1cc(CC)nn1CC)NC. The Morgan fingerprint density at radius 1 is 1.25 bits per heavy atom. The molecule has 0 bridgehead atoms. The second kappa shape index (κ2) is 9.17. The summed E-state index contributed by atoms with van der Waals surface area (Å²) in [6.07, 6.45) is 7.34. The van der Waals surface area contributed by atoms with Crippen LogP contribution in [-0.4, -0.2) is 22.9 Å². The van der Waals surface area contributed by atoms with E-state index in [2.05, 4.69) is 55.9 Å². The molecule has 0 aliphatic heterocycles. The van der Waals surface area contributed by atoms with Crippen molar-refractivity contribution in [3.63, 3.8) is 0 Å². The maximum Gasteiger partial charge on any atom is 0.0624 e. The lowest BCUT2D eigenvalue weighted by molar-refractivity contribution is 0.325. The molecule has 0 saturated carbocycles. The second-order valence-corrected chi connectivity index (χ2v) is 5.71. The van der Waals surface area contributed by atoms with Gasteiger partial charge in [-0.2, -0.15) is 5.10 Å². The van der Waals surface area contributed by atoms with Gasteiger partial charge in [0, 0.05) is 24.7 Å². The Morgan fingerprint density at radius 2 is 2.00 bits per heavy atom. The van der Waals surface area contributed by atoms with Crippen molar-refractivity contribution in [1.82, 2.24) is 15.1 Å². The topological polar surface area (TPSA) is 29.9 Å². The van der Waals surface area contributed by atoms with Crippen LogP contribution in [0.5, 0.6) is 0 Å². The highest BCUT2D eigenvalue weighted by Gasteiger charge is 2.20. The van der Waals surface area contributed by atoms with Crippen LogP contribution in [0.2, 0.25) is 0 Å². The highest BCUT2D eigenvalue weighted by atomic mass is 15.3. The number of likely N-dealkylation sites (N-methyl/N-ethyl adjacent to an activating group) is 1. The van der Waals surface area contributed by atoms with Crippen LogP contribution in [0.15, 0.2) is 6.07 Å². The third-order valence-electron chi connectivity index (χ3n) is 4.40. The zero-order chi connectivity index (χ0) is 15.0. The van der Waals surface area contributed by atoms with E-state index in [1.54, 1.807) is 0 Å². The van der Waals surface area contributed by atoms with Gasteiger partial charge in [-0.3, -0.25) is 4.68 Å². The number of hydrogen-bond donors (Lipinski definition) is 1. The molecule has 3 nitrogen and oxygen atoms in total. The molecule has 20 heavy (non-hydrogen) atoms. The number of rotatable bonds is 10. The summed E-state index contributed by atoms with van der Waals surface area (Å²) in [5.41, 5.74) is 2.61. The summed E-state index contributed by atoms with van der Waals surface area (Å²) in [6.45, 7) is 9.92. The Hall–Kier alpha value is -0.830. The molecule has 1 N–H and O–H groups in total. The molecule has 0 radical (unpaired) electrons. The highest BCUT2D eigenvalue weighted by molar-refractivity contribution is 5.12. The van der Waals surface area contributed by atoms with Gasteiger partial charge in [-0.1, -0.05) is 40.0 Å². The first-order valence-corrected chi connectivity index (χ1v) is 8.42. The number of nitrogens with zero attached hydrogens (tertiary/aromatic N) is 2. The zero-order valence-electron chi connectivity index (χ0n) is 14.1. The number of unbranched alkanes of at least 4 members (excludes halogenated alkanes) is 1. The van der Waals surface area contributed by atoms with Gasteiger partial charge < -0.3 is 5.32 Å². The van der Waals surface area contributed by atoms with Gasteiger partial charge in [0.15, 0.2) is 0 Å². The molecule has 0 amide bonds. The molecule has 1 aromatic rings. The minimum atomic E-state index is 0.568. The molecule has 1 aromatic heterocycles.